The van der Waals surface area contributed by atoms with E-state index < -0.39 is 28.0 Å². The largest absolute Gasteiger partial charge is 0.478 e. The number of benzene rings is 2. The summed E-state index contributed by atoms with van der Waals surface area (Å²) in [6.07, 6.45) is -1.60. The van der Waals surface area contributed by atoms with Crippen molar-refractivity contribution in [2.24, 2.45) is 0 Å². The molecule has 142 valence electrons. The third kappa shape index (κ3) is 6.32. The summed E-state index contributed by atoms with van der Waals surface area (Å²) in [5.74, 6) is -1.96. The molecule has 2 aromatic rings. The molecule has 2 amide bonds. The van der Waals surface area contributed by atoms with Crippen molar-refractivity contribution < 1.29 is 24.2 Å². The van der Waals surface area contributed by atoms with Gasteiger partial charge in [-0.15, -0.1) is 0 Å². The number of urea groups is 1. The second-order valence-electron chi connectivity index (χ2n) is 5.18. The summed E-state index contributed by atoms with van der Waals surface area (Å²) in [5.41, 5.74) is 0.360. The van der Waals surface area contributed by atoms with Crippen molar-refractivity contribution in [2.75, 3.05) is 5.32 Å². The van der Waals surface area contributed by atoms with Crippen LogP contribution in [0.5, 0.6) is 0 Å². The Morgan fingerprint density at radius 2 is 1.59 bits per heavy atom. The van der Waals surface area contributed by atoms with E-state index in [1.54, 1.807) is 18.2 Å². The van der Waals surface area contributed by atoms with Gasteiger partial charge in [-0.25, -0.2) is 14.4 Å². The molecule has 0 radical (unpaired) electrons. The third-order valence-electron chi connectivity index (χ3n) is 3.16. The predicted octanol–water partition coefficient (Wildman–Crippen LogP) is 4.06. The molecule has 1 atom stereocenters. The summed E-state index contributed by atoms with van der Waals surface area (Å²) in [5, 5.41) is 13.6. The summed E-state index contributed by atoms with van der Waals surface area (Å²) in [4.78, 5) is 35.2. The molecule has 7 nitrogen and oxygen atoms in total. The van der Waals surface area contributed by atoms with E-state index in [0.717, 1.165) is 0 Å². The van der Waals surface area contributed by atoms with Crippen LogP contribution in [-0.2, 0) is 4.74 Å². The van der Waals surface area contributed by atoms with Crippen molar-refractivity contribution in [3.05, 3.63) is 65.7 Å². The van der Waals surface area contributed by atoms with E-state index in [1.165, 1.54) is 36.4 Å². The minimum atomic E-state index is -2.15. The number of anilines is 1. The van der Waals surface area contributed by atoms with Crippen molar-refractivity contribution in [2.45, 2.75) is 10.0 Å². The first-order valence-corrected chi connectivity index (χ1v) is 8.54. The maximum Gasteiger partial charge on any atom is 0.340 e. The topological polar surface area (TPSA) is 105 Å². The Kier molecular flexibility index (Phi) is 6.90. The number of aromatic carboxylic acids is 1. The van der Waals surface area contributed by atoms with Gasteiger partial charge in [0.25, 0.3) is 0 Å². The van der Waals surface area contributed by atoms with Gasteiger partial charge in [0.15, 0.2) is 0 Å². The average Bonchev–Trinajstić information content (AvgIpc) is 2.61. The van der Waals surface area contributed by atoms with Gasteiger partial charge in [-0.1, -0.05) is 59.1 Å². The number of hydrogen-bond donors (Lipinski definition) is 3. The van der Waals surface area contributed by atoms with Gasteiger partial charge in [-0.05, 0) is 30.3 Å². The van der Waals surface area contributed by atoms with E-state index in [1.807, 2.05) is 0 Å². The number of rotatable bonds is 5. The van der Waals surface area contributed by atoms with Crippen LogP contribution in [-0.4, -0.2) is 33.1 Å². The Balaban J connectivity index is 2.07. The van der Waals surface area contributed by atoms with Gasteiger partial charge in [0.2, 0.25) is 10.0 Å². The van der Waals surface area contributed by atoms with Crippen LogP contribution in [0.1, 0.15) is 20.7 Å². The second kappa shape index (κ2) is 8.94. The highest BCUT2D eigenvalue weighted by Gasteiger charge is 2.37. The van der Waals surface area contributed by atoms with Crippen molar-refractivity contribution >= 4 is 58.5 Å². The highest BCUT2D eigenvalue weighted by atomic mass is 35.6. The van der Waals surface area contributed by atoms with Crippen LogP contribution in [0.2, 0.25) is 0 Å². The first-order valence-electron chi connectivity index (χ1n) is 7.40. The summed E-state index contributed by atoms with van der Waals surface area (Å²) >= 11 is 17.3. The number of alkyl halides is 3. The molecule has 0 saturated carbocycles. The number of amides is 2. The molecule has 0 aliphatic carbocycles. The van der Waals surface area contributed by atoms with Crippen molar-refractivity contribution in [1.29, 1.82) is 0 Å². The molecule has 0 aliphatic rings. The Morgan fingerprint density at radius 1 is 0.963 bits per heavy atom. The molecule has 0 saturated heterocycles. The Hall–Kier alpha value is -2.48. The molecule has 27 heavy (non-hydrogen) atoms. The smallest absolute Gasteiger partial charge is 0.340 e. The zero-order valence-corrected chi connectivity index (χ0v) is 15.8. The van der Waals surface area contributed by atoms with Crippen LogP contribution in [0.25, 0.3) is 0 Å². The van der Waals surface area contributed by atoms with E-state index in [2.05, 4.69) is 10.6 Å². The summed E-state index contributed by atoms with van der Waals surface area (Å²) in [6, 6.07) is 12.6. The van der Waals surface area contributed by atoms with Gasteiger partial charge in [0.05, 0.1) is 11.1 Å². The monoisotopic (exact) mass is 430 g/mol. The number of carbonyl (C=O) groups excluding carboxylic acids is 2. The number of carboxylic acids is 1. The Morgan fingerprint density at radius 3 is 2.19 bits per heavy atom. The molecule has 0 bridgehead atoms. The number of nitrogens with one attached hydrogen (secondary N) is 2. The number of carboxylic acid groups (broad SMARTS) is 1. The maximum atomic E-state index is 12.1. The summed E-state index contributed by atoms with van der Waals surface area (Å²) < 4.78 is 2.92. The molecule has 0 fully saturated rings. The predicted molar refractivity (Wildman–Crippen MR) is 101 cm³/mol. The number of carbonyl (C=O) groups is 3. The molecule has 10 heteroatoms. The molecule has 0 heterocycles. The fourth-order valence-corrected chi connectivity index (χ4v) is 2.24. The van der Waals surface area contributed by atoms with Crippen molar-refractivity contribution in [3.8, 4) is 0 Å². The van der Waals surface area contributed by atoms with Gasteiger partial charge in [-0.2, -0.15) is 0 Å². The van der Waals surface area contributed by atoms with E-state index in [9.17, 15) is 14.4 Å². The van der Waals surface area contributed by atoms with Crippen LogP contribution in [0.15, 0.2) is 54.6 Å². The summed E-state index contributed by atoms with van der Waals surface area (Å²) in [6.45, 7) is 0. The second-order valence-corrected chi connectivity index (χ2v) is 7.55. The van der Waals surface area contributed by atoms with Gasteiger partial charge in [-0.3, -0.25) is 5.32 Å². The Labute approximate surface area is 169 Å². The molecular weight excluding hydrogens is 419 g/mol. The lowest BCUT2D eigenvalue weighted by Gasteiger charge is -2.25. The normalized spacial score (nSPS) is 12.0. The van der Waals surface area contributed by atoms with E-state index in [4.69, 9.17) is 44.6 Å². The molecule has 0 unspecified atom stereocenters. The zero-order valence-electron chi connectivity index (χ0n) is 13.5. The number of hydrogen-bond acceptors (Lipinski definition) is 4. The Bertz CT molecular complexity index is 840. The first-order chi connectivity index (χ1) is 12.7. The first kappa shape index (κ1) is 20.8. The number of ether oxygens (including phenoxy) is 1. The number of halogens is 3. The SMILES string of the molecule is O=C(Nc1cccc(C(=O)O)c1)N[C@H](OC(=O)c1ccccc1)C(Cl)(Cl)Cl. The van der Waals surface area contributed by atoms with Gasteiger partial charge in [0, 0.05) is 5.69 Å². The van der Waals surface area contributed by atoms with Gasteiger partial charge in [0.1, 0.15) is 0 Å². The molecule has 3 N–H and O–H groups in total. The quantitative estimate of drug-likeness (QED) is 0.376. The molecule has 2 aromatic carbocycles. The molecule has 2 rings (SSSR count). The molecule has 0 aliphatic heterocycles. The molecular formula is C17H13Cl3N2O5. The minimum Gasteiger partial charge on any atom is -0.478 e. The van der Waals surface area contributed by atoms with E-state index >= 15 is 0 Å². The van der Waals surface area contributed by atoms with Gasteiger partial charge >= 0.3 is 18.0 Å². The van der Waals surface area contributed by atoms with E-state index in [0.29, 0.717) is 0 Å². The minimum absolute atomic E-state index is 0.0266. The lowest BCUT2D eigenvalue weighted by molar-refractivity contribution is 0.0261. The highest BCUT2D eigenvalue weighted by Crippen LogP contribution is 2.31. The maximum absolute atomic E-state index is 12.1. The standard InChI is InChI=1S/C17H13Cl3N2O5/c18-17(19,20)15(27-14(25)10-5-2-1-3-6-10)22-16(26)21-12-8-4-7-11(9-12)13(23)24/h1-9,15H,(H,23,24)(H2,21,22,26)/t15-/m1/s1. The van der Waals surface area contributed by atoms with Gasteiger partial charge < -0.3 is 15.2 Å². The molecule has 0 aromatic heterocycles. The van der Waals surface area contributed by atoms with Crippen LogP contribution < -0.4 is 10.6 Å². The van der Waals surface area contributed by atoms with Crippen LogP contribution in [0.3, 0.4) is 0 Å². The highest BCUT2D eigenvalue weighted by molar-refractivity contribution is 6.68. The number of esters is 1. The zero-order chi connectivity index (χ0) is 20.0. The third-order valence-corrected chi connectivity index (χ3v) is 3.76. The fraction of sp³-hybridized carbons (Fsp3) is 0.118. The van der Waals surface area contributed by atoms with Crippen LogP contribution in [0, 0.1) is 0 Å². The average molecular weight is 432 g/mol. The van der Waals surface area contributed by atoms with Crippen LogP contribution in [0.4, 0.5) is 10.5 Å². The lowest BCUT2D eigenvalue weighted by atomic mass is 10.2. The van der Waals surface area contributed by atoms with Crippen LogP contribution >= 0.6 is 34.8 Å². The lowest BCUT2D eigenvalue weighted by Crippen LogP contribution is -2.48. The molecule has 0 spiro atoms. The van der Waals surface area contributed by atoms with Crippen molar-refractivity contribution in [1.82, 2.24) is 5.32 Å². The summed E-state index contributed by atoms with van der Waals surface area (Å²) in [7, 11) is 0. The van der Waals surface area contributed by atoms with E-state index in [-0.39, 0.29) is 16.8 Å². The van der Waals surface area contributed by atoms with Crippen molar-refractivity contribution in [3.63, 3.8) is 0 Å². The fourth-order valence-electron chi connectivity index (χ4n) is 1.94.